The van der Waals surface area contributed by atoms with Crippen LogP contribution in [0.2, 0.25) is 0 Å². The van der Waals surface area contributed by atoms with Crippen molar-refractivity contribution in [1.82, 2.24) is 0 Å². The summed E-state index contributed by atoms with van der Waals surface area (Å²) >= 11 is 0. The number of hydrogen-bond donors (Lipinski definition) is 1. The zero-order valence-corrected chi connectivity index (χ0v) is 9.41. The molecule has 1 N–H and O–H groups in total. The molecule has 0 radical (unpaired) electrons. The van der Waals surface area contributed by atoms with E-state index in [1.165, 1.54) is 12.8 Å². The summed E-state index contributed by atoms with van der Waals surface area (Å²) in [7, 11) is 0. The summed E-state index contributed by atoms with van der Waals surface area (Å²) in [5.74, 6) is 2.66. The predicted molar refractivity (Wildman–Crippen MR) is 60.3 cm³/mol. The number of carboxylic acids is 1. The minimum atomic E-state index is -0.662. The maximum atomic E-state index is 11.0. The molecular weight excluding hydrogens is 188 g/mol. The Hall–Kier alpha value is -0.970. The van der Waals surface area contributed by atoms with Crippen LogP contribution < -0.4 is 0 Å². The average Bonchev–Trinajstić information content (AvgIpc) is 2.18. The Morgan fingerprint density at radius 2 is 2.27 bits per heavy atom. The third kappa shape index (κ3) is 3.27. The van der Waals surface area contributed by atoms with Gasteiger partial charge in [-0.1, -0.05) is 19.8 Å². The summed E-state index contributed by atoms with van der Waals surface area (Å²) in [5.41, 5.74) is 0. The lowest BCUT2D eigenvalue weighted by molar-refractivity contribution is -0.145. The van der Waals surface area contributed by atoms with Gasteiger partial charge in [-0.15, -0.1) is 12.3 Å². The Balaban J connectivity index is 2.57. The summed E-state index contributed by atoms with van der Waals surface area (Å²) in [6.07, 6.45) is 11.2. The summed E-state index contributed by atoms with van der Waals surface area (Å²) in [5, 5.41) is 9.08. The normalized spacial score (nSPS) is 30.8. The van der Waals surface area contributed by atoms with Crippen LogP contribution in [-0.2, 0) is 4.79 Å². The van der Waals surface area contributed by atoms with E-state index in [0.29, 0.717) is 12.3 Å². The highest BCUT2D eigenvalue weighted by atomic mass is 16.4. The Labute approximate surface area is 92.1 Å². The van der Waals surface area contributed by atoms with Gasteiger partial charge in [0, 0.05) is 6.42 Å². The first-order valence-corrected chi connectivity index (χ1v) is 5.85. The molecule has 1 aliphatic rings. The van der Waals surface area contributed by atoms with Crippen LogP contribution >= 0.6 is 0 Å². The lowest BCUT2D eigenvalue weighted by Gasteiger charge is -2.32. The van der Waals surface area contributed by atoms with Crippen LogP contribution in [0.15, 0.2) is 0 Å². The van der Waals surface area contributed by atoms with Gasteiger partial charge < -0.3 is 5.11 Å². The standard InChI is InChI=1S/C13H20O2/c1-3-5-10-7-8-12(13(14)15)11(9-10)6-4-2/h2,10-12H,3,5-9H2,1H3,(H,14,15). The van der Waals surface area contributed by atoms with E-state index >= 15 is 0 Å². The SMILES string of the molecule is C#CCC1CC(CCC)CCC1C(=O)O. The molecule has 0 aromatic carbocycles. The molecular formula is C13H20O2. The molecule has 0 bridgehead atoms. The van der Waals surface area contributed by atoms with Gasteiger partial charge in [0.05, 0.1) is 5.92 Å². The van der Waals surface area contributed by atoms with Gasteiger partial charge in [-0.3, -0.25) is 4.79 Å². The predicted octanol–water partition coefficient (Wildman–Crippen LogP) is 2.93. The highest BCUT2D eigenvalue weighted by molar-refractivity contribution is 5.70. The minimum Gasteiger partial charge on any atom is -0.481 e. The van der Waals surface area contributed by atoms with Crippen molar-refractivity contribution in [2.45, 2.75) is 45.4 Å². The Morgan fingerprint density at radius 3 is 2.80 bits per heavy atom. The van der Waals surface area contributed by atoms with E-state index in [4.69, 9.17) is 11.5 Å². The van der Waals surface area contributed by atoms with Crippen LogP contribution in [-0.4, -0.2) is 11.1 Å². The Bertz CT molecular complexity index is 252. The molecule has 1 fully saturated rings. The number of hydrogen-bond acceptors (Lipinski definition) is 1. The van der Waals surface area contributed by atoms with Crippen molar-refractivity contribution in [3.63, 3.8) is 0 Å². The molecule has 0 saturated heterocycles. The van der Waals surface area contributed by atoms with Crippen molar-refractivity contribution in [2.24, 2.45) is 17.8 Å². The number of carboxylic acid groups (broad SMARTS) is 1. The van der Waals surface area contributed by atoms with Crippen molar-refractivity contribution >= 4 is 5.97 Å². The van der Waals surface area contributed by atoms with E-state index in [1.807, 2.05) is 0 Å². The number of carbonyl (C=O) groups is 1. The summed E-state index contributed by atoms with van der Waals surface area (Å²) in [6, 6.07) is 0. The van der Waals surface area contributed by atoms with Crippen LogP contribution in [0.25, 0.3) is 0 Å². The molecule has 0 aromatic rings. The fraction of sp³-hybridized carbons (Fsp3) is 0.769. The van der Waals surface area contributed by atoms with Crippen LogP contribution in [0.1, 0.15) is 45.4 Å². The quantitative estimate of drug-likeness (QED) is 0.721. The molecule has 84 valence electrons. The number of aliphatic carboxylic acids is 1. The third-order valence-electron chi connectivity index (χ3n) is 3.49. The van der Waals surface area contributed by atoms with E-state index in [0.717, 1.165) is 19.3 Å². The van der Waals surface area contributed by atoms with Crippen molar-refractivity contribution in [1.29, 1.82) is 0 Å². The molecule has 2 heteroatoms. The van der Waals surface area contributed by atoms with E-state index in [-0.39, 0.29) is 11.8 Å². The summed E-state index contributed by atoms with van der Waals surface area (Å²) in [6.45, 7) is 2.18. The van der Waals surface area contributed by atoms with Gasteiger partial charge in [0.25, 0.3) is 0 Å². The van der Waals surface area contributed by atoms with Crippen molar-refractivity contribution < 1.29 is 9.90 Å². The monoisotopic (exact) mass is 208 g/mol. The van der Waals surface area contributed by atoms with Gasteiger partial charge >= 0.3 is 5.97 Å². The molecule has 1 aliphatic carbocycles. The van der Waals surface area contributed by atoms with Gasteiger partial charge in [-0.2, -0.15) is 0 Å². The summed E-state index contributed by atoms with van der Waals surface area (Å²) in [4.78, 5) is 11.0. The Kier molecular flexibility index (Phi) is 4.68. The maximum absolute atomic E-state index is 11.0. The van der Waals surface area contributed by atoms with Gasteiger partial charge in [0.15, 0.2) is 0 Å². The lowest BCUT2D eigenvalue weighted by atomic mass is 9.71. The molecule has 0 amide bonds. The second-order valence-corrected chi connectivity index (χ2v) is 4.58. The van der Waals surface area contributed by atoms with E-state index in [1.54, 1.807) is 0 Å². The second-order valence-electron chi connectivity index (χ2n) is 4.58. The van der Waals surface area contributed by atoms with Crippen molar-refractivity contribution in [3.05, 3.63) is 0 Å². The van der Waals surface area contributed by atoms with Crippen LogP contribution in [0.4, 0.5) is 0 Å². The first kappa shape index (κ1) is 12.1. The molecule has 3 unspecified atom stereocenters. The molecule has 1 saturated carbocycles. The van der Waals surface area contributed by atoms with Crippen molar-refractivity contribution in [3.8, 4) is 12.3 Å². The fourth-order valence-electron chi connectivity index (χ4n) is 2.73. The molecule has 0 heterocycles. The number of terminal acetylenes is 1. The molecule has 1 rings (SSSR count). The van der Waals surface area contributed by atoms with Gasteiger partial charge in [-0.25, -0.2) is 0 Å². The molecule has 0 aliphatic heterocycles. The highest BCUT2D eigenvalue weighted by Crippen LogP contribution is 2.37. The molecule has 15 heavy (non-hydrogen) atoms. The molecule has 0 aromatic heterocycles. The highest BCUT2D eigenvalue weighted by Gasteiger charge is 2.33. The average molecular weight is 208 g/mol. The molecule has 3 atom stereocenters. The first-order valence-electron chi connectivity index (χ1n) is 5.85. The third-order valence-corrected chi connectivity index (χ3v) is 3.49. The Morgan fingerprint density at radius 1 is 1.53 bits per heavy atom. The minimum absolute atomic E-state index is 0.200. The smallest absolute Gasteiger partial charge is 0.306 e. The van der Waals surface area contributed by atoms with Gasteiger partial charge in [-0.05, 0) is 31.1 Å². The second kappa shape index (κ2) is 5.80. The fourth-order valence-corrected chi connectivity index (χ4v) is 2.73. The molecule has 0 spiro atoms. The zero-order chi connectivity index (χ0) is 11.3. The largest absolute Gasteiger partial charge is 0.481 e. The maximum Gasteiger partial charge on any atom is 0.306 e. The first-order chi connectivity index (χ1) is 7.19. The van der Waals surface area contributed by atoms with E-state index in [9.17, 15) is 4.79 Å². The van der Waals surface area contributed by atoms with E-state index < -0.39 is 5.97 Å². The van der Waals surface area contributed by atoms with Gasteiger partial charge in [0.2, 0.25) is 0 Å². The van der Waals surface area contributed by atoms with Gasteiger partial charge in [0.1, 0.15) is 0 Å². The van der Waals surface area contributed by atoms with Crippen molar-refractivity contribution in [2.75, 3.05) is 0 Å². The zero-order valence-electron chi connectivity index (χ0n) is 9.41. The van der Waals surface area contributed by atoms with Crippen LogP contribution in [0, 0.1) is 30.1 Å². The molecule has 2 nitrogen and oxygen atoms in total. The van der Waals surface area contributed by atoms with E-state index in [2.05, 4.69) is 12.8 Å². The van der Waals surface area contributed by atoms with Crippen LogP contribution in [0.3, 0.4) is 0 Å². The van der Waals surface area contributed by atoms with Crippen LogP contribution in [0.5, 0.6) is 0 Å². The topological polar surface area (TPSA) is 37.3 Å². The number of rotatable bonds is 4. The summed E-state index contributed by atoms with van der Waals surface area (Å²) < 4.78 is 0. The lowest BCUT2D eigenvalue weighted by Crippen LogP contribution is -2.30.